The zero-order chi connectivity index (χ0) is 14.7. The molecule has 2 nitrogen and oxygen atoms in total. The van der Waals surface area contributed by atoms with Crippen LogP contribution < -0.4 is 0 Å². The van der Waals surface area contributed by atoms with Gasteiger partial charge in [-0.25, -0.2) is 0 Å². The Morgan fingerprint density at radius 3 is 2.86 bits per heavy atom. The molecular formula is C19H29NO. The molecule has 0 amide bonds. The van der Waals surface area contributed by atoms with E-state index in [-0.39, 0.29) is 6.10 Å². The Bertz CT molecular complexity index is 469. The first kappa shape index (κ1) is 15.1. The van der Waals surface area contributed by atoms with E-state index in [1.54, 1.807) is 11.1 Å². The molecule has 2 heteroatoms. The quantitative estimate of drug-likeness (QED) is 0.913. The molecule has 1 saturated heterocycles. The van der Waals surface area contributed by atoms with E-state index in [0.29, 0.717) is 6.04 Å². The van der Waals surface area contributed by atoms with Crippen LogP contribution in [0.2, 0.25) is 0 Å². The first-order valence-corrected chi connectivity index (χ1v) is 8.75. The van der Waals surface area contributed by atoms with Crippen LogP contribution in [0.15, 0.2) is 18.2 Å². The van der Waals surface area contributed by atoms with Gasteiger partial charge in [-0.1, -0.05) is 31.0 Å². The lowest BCUT2D eigenvalue weighted by Gasteiger charge is -2.31. The zero-order valence-electron chi connectivity index (χ0n) is 13.4. The van der Waals surface area contributed by atoms with Crippen LogP contribution in [0.25, 0.3) is 0 Å². The minimum atomic E-state index is -0.185. The van der Waals surface area contributed by atoms with Crippen molar-refractivity contribution in [3.63, 3.8) is 0 Å². The average Bonchev–Trinajstić information content (AvgIpc) is 2.81. The van der Waals surface area contributed by atoms with E-state index >= 15 is 0 Å². The molecule has 1 heterocycles. The molecule has 1 N–H and O–H groups in total. The molecule has 0 aromatic heterocycles. The Morgan fingerprint density at radius 2 is 2.00 bits per heavy atom. The minimum Gasteiger partial charge on any atom is -0.393 e. The molecule has 1 aromatic rings. The van der Waals surface area contributed by atoms with Crippen LogP contribution in [0, 0.1) is 0 Å². The van der Waals surface area contributed by atoms with Crippen molar-refractivity contribution in [2.75, 3.05) is 6.54 Å². The lowest BCUT2D eigenvalue weighted by Crippen LogP contribution is -2.36. The molecule has 1 aliphatic heterocycles. The van der Waals surface area contributed by atoms with E-state index < -0.39 is 0 Å². The number of fused-ring (bicyclic) bond motifs is 1. The van der Waals surface area contributed by atoms with Gasteiger partial charge in [0.25, 0.3) is 0 Å². The van der Waals surface area contributed by atoms with E-state index in [0.717, 1.165) is 13.0 Å². The summed E-state index contributed by atoms with van der Waals surface area (Å²) in [7, 11) is 0. The molecule has 1 fully saturated rings. The lowest BCUT2D eigenvalue weighted by atomic mass is 10.0. The van der Waals surface area contributed by atoms with Crippen LogP contribution in [0.5, 0.6) is 0 Å². The van der Waals surface area contributed by atoms with Crippen LogP contribution in [-0.4, -0.2) is 28.7 Å². The predicted molar refractivity (Wildman–Crippen MR) is 87.4 cm³/mol. The Morgan fingerprint density at radius 1 is 1.14 bits per heavy atom. The van der Waals surface area contributed by atoms with Gasteiger partial charge in [-0.2, -0.15) is 0 Å². The van der Waals surface area contributed by atoms with Gasteiger partial charge < -0.3 is 5.11 Å². The van der Waals surface area contributed by atoms with E-state index in [1.807, 2.05) is 6.92 Å². The molecule has 0 radical (unpaired) electrons. The highest BCUT2D eigenvalue weighted by molar-refractivity contribution is 5.35. The third-order valence-electron chi connectivity index (χ3n) is 5.16. The second kappa shape index (κ2) is 6.93. The van der Waals surface area contributed by atoms with Crippen LogP contribution >= 0.6 is 0 Å². The largest absolute Gasteiger partial charge is 0.393 e. The number of likely N-dealkylation sites (tertiary alicyclic amines) is 1. The molecule has 0 saturated carbocycles. The molecule has 116 valence electrons. The highest BCUT2D eigenvalue weighted by Crippen LogP contribution is 2.26. The summed E-state index contributed by atoms with van der Waals surface area (Å²) in [4.78, 5) is 2.62. The van der Waals surface area contributed by atoms with Gasteiger partial charge in [-0.05, 0) is 68.7 Å². The van der Waals surface area contributed by atoms with Gasteiger partial charge in [0.1, 0.15) is 0 Å². The summed E-state index contributed by atoms with van der Waals surface area (Å²) < 4.78 is 0. The van der Waals surface area contributed by atoms with Crippen molar-refractivity contribution in [3.8, 4) is 0 Å². The molecule has 2 aliphatic rings. The lowest BCUT2D eigenvalue weighted by molar-refractivity contribution is 0.108. The number of aliphatic hydroxyl groups is 1. The van der Waals surface area contributed by atoms with Crippen LogP contribution in [0.4, 0.5) is 0 Å². The first-order chi connectivity index (χ1) is 10.2. The Hall–Kier alpha value is -0.860. The summed E-state index contributed by atoms with van der Waals surface area (Å²) in [6.45, 7) is 4.18. The molecule has 3 rings (SSSR count). The van der Waals surface area contributed by atoms with Gasteiger partial charge >= 0.3 is 0 Å². The number of nitrogens with zero attached hydrogens (tertiary/aromatic N) is 1. The Balaban J connectivity index is 1.70. The molecule has 2 unspecified atom stereocenters. The maximum absolute atomic E-state index is 9.78. The number of hydrogen-bond acceptors (Lipinski definition) is 2. The molecular weight excluding hydrogens is 258 g/mol. The van der Waals surface area contributed by atoms with Crippen molar-refractivity contribution in [2.45, 2.75) is 77.0 Å². The zero-order valence-corrected chi connectivity index (χ0v) is 13.4. The fourth-order valence-corrected chi connectivity index (χ4v) is 4.06. The molecule has 21 heavy (non-hydrogen) atoms. The molecule has 1 aliphatic carbocycles. The highest BCUT2D eigenvalue weighted by atomic mass is 16.3. The average molecular weight is 287 g/mol. The summed E-state index contributed by atoms with van der Waals surface area (Å²) in [5.41, 5.74) is 4.61. The van der Waals surface area contributed by atoms with Gasteiger partial charge in [0.2, 0.25) is 0 Å². The Kier molecular flexibility index (Phi) is 4.97. The molecule has 0 spiro atoms. The van der Waals surface area contributed by atoms with Crippen molar-refractivity contribution in [3.05, 3.63) is 34.9 Å². The third-order valence-corrected chi connectivity index (χ3v) is 5.16. The van der Waals surface area contributed by atoms with Crippen molar-refractivity contribution in [2.24, 2.45) is 0 Å². The summed E-state index contributed by atoms with van der Waals surface area (Å²) >= 11 is 0. The van der Waals surface area contributed by atoms with E-state index in [1.165, 1.54) is 57.1 Å². The van der Waals surface area contributed by atoms with Crippen molar-refractivity contribution >= 4 is 0 Å². The standard InChI is InChI=1S/C19H29NO/c1-15(21)12-19-8-3-2-4-11-20(19)14-16-9-10-17-6-5-7-18(17)13-16/h9-10,13,15,19,21H,2-8,11-12,14H2,1H3. The maximum Gasteiger partial charge on any atom is 0.0527 e. The van der Waals surface area contributed by atoms with E-state index in [2.05, 4.69) is 23.1 Å². The smallest absolute Gasteiger partial charge is 0.0527 e. The SMILES string of the molecule is CC(O)CC1CCCCCN1Cc1ccc2c(c1)CCC2. The van der Waals surface area contributed by atoms with Gasteiger partial charge in [-0.3, -0.25) is 4.90 Å². The fraction of sp³-hybridized carbons (Fsp3) is 0.684. The number of rotatable bonds is 4. The summed E-state index contributed by atoms with van der Waals surface area (Å²) in [6, 6.07) is 7.67. The van der Waals surface area contributed by atoms with Crippen molar-refractivity contribution in [1.29, 1.82) is 0 Å². The summed E-state index contributed by atoms with van der Waals surface area (Å²) in [6.07, 6.45) is 9.81. The predicted octanol–water partition coefficient (Wildman–Crippen LogP) is 3.69. The van der Waals surface area contributed by atoms with Gasteiger partial charge in [0, 0.05) is 12.6 Å². The first-order valence-electron chi connectivity index (χ1n) is 8.75. The van der Waals surface area contributed by atoms with Crippen LogP contribution in [-0.2, 0) is 19.4 Å². The monoisotopic (exact) mass is 287 g/mol. The third kappa shape index (κ3) is 3.87. The minimum absolute atomic E-state index is 0.185. The normalized spacial score (nSPS) is 24.6. The van der Waals surface area contributed by atoms with Gasteiger partial charge in [0.05, 0.1) is 6.10 Å². The highest BCUT2D eigenvalue weighted by Gasteiger charge is 2.23. The van der Waals surface area contributed by atoms with Crippen molar-refractivity contribution in [1.82, 2.24) is 4.90 Å². The molecule has 1 aromatic carbocycles. The molecule has 0 bridgehead atoms. The summed E-state index contributed by atoms with van der Waals surface area (Å²) in [5.74, 6) is 0. The topological polar surface area (TPSA) is 23.5 Å². The second-order valence-electron chi connectivity index (χ2n) is 7.01. The number of benzene rings is 1. The van der Waals surface area contributed by atoms with Crippen LogP contribution in [0.1, 0.15) is 62.1 Å². The number of aryl methyl sites for hydroxylation is 2. The van der Waals surface area contributed by atoms with Gasteiger partial charge in [-0.15, -0.1) is 0 Å². The molecule has 2 atom stereocenters. The second-order valence-corrected chi connectivity index (χ2v) is 7.01. The van der Waals surface area contributed by atoms with Crippen molar-refractivity contribution < 1.29 is 5.11 Å². The Labute approximate surface area is 129 Å². The maximum atomic E-state index is 9.78. The van der Waals surface area contributed by atoms with Crippen LogP contribution in [0.3, 0.4) is 0 Å². The van der Waals surface area contributed by atoms with E-state index in [9.17, 15) is 5.11 Å². The summed E-state index contributed by atoms with van der Waals surface area (Å²) in [5, 5.41) is 9.78. The fourth-order valence-electron chi connectivity index (χ4n) is 4.06. The number of aliphatic hydroxyl groups excluding tert-OH is 1. The number of hydrogen-bond donors (Lipinski definition) is 1. The van der Waals surface area contributed by atoms with Gasteiger partial charge in [0.15, 0.2) is 0 Å². The van der Waals surface area contributed by atoms with E-state index in [4.69, 9.17) is 0 Å².